The molecule has 0 atom stereocenters. The zero-order valence-corrected chi connectivity index (χ0v) is 15.7. The molecule has 0 fully saturated rings. The number of methoxy groups -OCH3 is 1. The van der Waals surface area contributed by atoms with Crippen molar-refractivity contribution in [2.24, 2.45) is 0 Å². The quantitative estimate of drug-likeness (QED) is 0.617. The first-order valence-electron chi connectivity index (χ1n) is 8.15. The van der Waals surface area contributed by atoms with Crippen LogP contribution in [0.1, 0.15) is 16.1 Å². The van der Waals surface area contributed by atoms with Crippen LogP contribution in [-0.4, -0.2) is 12.1 Å². The van der Waals surface area contributed by atoms with Gasteiger partial charge in [-0.1, -0.05) is 23.8 Å². The molecule has 3 rings (SSSR count). The van der Waals surface area contributed by atoms with Crippen LogP contribution in [0.3, 0.4) is 0 Å². The number of aryl methyl sites for hydroxylation is 2. The van der Waals surface area contributed by atoms with Crippen LogP contribution in [0.2, 0.25) is 0 Å². The van der Waals surface area contributed by atoms with Gasteiger partial charge in [0.15, 0.2) is 0 Å². The summed E-state index contributed by atoms with van der Waals surface area (Å²) in [6, 6.07) is 16.0. The van der Waals surface area contributed by atoms with Crippen LogP contribution in [0, 0.1) is 25.2 Å². The second kappa shape index (κ2) is 7.85. The summed E-state index contributed by atoms with van der Waals surface area (Å²) < 4.78 is 5.14. The van der Waals surface area contributed by atoms with E-state index < -0.39 is 0 Å². The first kappa shape index (κ1) is 17.7. The minimum Gasteiger partial charge on any atom is -0.497 e. The van der Waals surface area contributed by atoms with Gasteiger partial charge in [0.2, 0.25) is 0 Å². The molecule has 0 saturated heterocycles. The Hall–Kier alpha value is -3.10. The van der Waals surface area contributed by atoms with E-state index in [1.54, 1.807) is 13.3 Å². The summed E-state index contributed by atoms with van der Waals surface area (Å²) in [7, 11) is 1.63. The second-order valence-electron chi connectivity index (χ2n) is 5.90. The molecule has 0 bridgehead atoms. The second-order valence-corrected chi connectivity index (χ2v) is 6.76. The molecule has 0 amide bonds. The van der Waals surface area contributed by atoms with Crippen molar-refractivity contribution in [1.82, 2.24) is 4.98 Å². The van der Waals surface area contributed by atoms with E-state index in [-0.39, 0.29) is 0 Å². The van der Waals surface area contributed by atoms with Gasteiger partial charge < -0.3 is 10.1 Å². The number of aromatic nitrogens is 1. The molecule has 1 aromatic heterocycles. The van der Waals surface area contributed by atoms with Crippen LogP contribution in [0.4, 0.5) is 5.69 Å². The molecular formula is C21H19N3OS. The summed E-state index contributed by atoms with van der Waals surface area (Å²) in [5.74, 6) is 0.790. The minimum atomic E-state index is 0.502. The molecule has 3 aromatic rings. The lowest BCUT2D eigenvalue weighted by Crippen LogP contribution is -1.92. The molecule has 4 nitrogen and oxygen atoms in total. The zero-order valence-electron chi connectivity index (χ0n) is 14.9. The van der Waals surface area contributed by atoms with Crippen LogP contribution >= 0.6 is 11.3 Å². The number of anilines is 1. The summed E-state index contributed by atoms with van der Waals surface area (Å²) in [5, 5.41) is 15.3. The van der Waals surface area contributed by atoms with E-state index >= 15 is 0 Å². The Bertz CT molecular complexity index is 981. The fraction of sp³-hybridized carbons (Fsp3) is 0.143. The van der Waals surface area contributed by atoms with Gasteiger partial charge in [-0.05, 0) is 43.7 Å². The van der Waals surface area contributed by atoms with Crippen molar-refractivity contribution in [1.29, 1.82) is 5.26 Å². The predicted octanol–water partition coefficient (Wildman–Crippen LogP) is 5.41. The Balaban J connectivity index is 1.82. The van der Waals surface area contributed by atoms with Crippen molar-refractivity contribution in [2.45, 2.75) is 13.8 Å². The van der Waals surface area contributed by atoms with Gasteiger partial charge in [0.1, 0.15) is 22.4 Å². The van der Waals surface area contributed by atoms with Gasteiger partial charge in [-0.25, -0.2) is 4.98 Å². The van der Waals surface area contributed by atoms with E-state index in [9.17, 15) is 5.26 Å². The maximum atomic E-state index is 9.50. The lowest BCUT2D eigenvalue weighted by atomic mass is 10.0. The Labute approximate surface area is 157 Å². The van der Waals surface area contributed by atoms with Crippen molar-refractivity contribution in [2.75, 3.05) is 12.4 Å². The largest absolute Gasteiger partial charge is 0.497 e. The molecule has 5 heteroatoms. The van der Waals surface area contributed by atoms with Crippen LogP contribution in [0.5, 0.6) is 5.75 Å². The fourth-order valence-electron chi connectivity index (χ4n) is 2.61. The number of thiazole rings is 1. The first-order chi connectivity index (χ1) is 12.6. The number of hydrogen-bond donors (Lipinski definition) is 1. The van der Waals surface area contributed by atoms with Gasteiger partial charge in [-0.15, -0.1) is 11.3 Å². The Morgan fingerprint density at radius 1 is 1.19 bits per heavy atom. The third-order valence-electron chi connectivity index (χ3n) is 3.99. The van der Waals surface area contributed by atoms with Crippen LogP contribution < -0.4 is 10.1 Å². The summed E-state index contributed by atoms with van der Waals surface area (Å²) in [5.41, 5.74) is 5.78. The van der Waals surface area contributed by atoms with Crippen LogP contribution in [0.15, 0.2) is 54.0 Å². The highest BCUT2D eigenvalue weighted by molar-refractivity contribution is 7.11. The maximum Gasteiger partial charge on any atom is 0.136 e. The van der Waals surface area contributed by atoms with Crippen molar-refractivity contribution in [3.8, 4) is 23.1 Å². The van der Waals surface area contributed by atoms with Gasteiger partial charge in [-0.2, -0.15) is 5.26 Å². The summed E-state index contributed by atoms with van der Waals surface area (Å²) >= 11 is 1.47. The molecule has 2 aromatic carbocycles. The maximum absolute atomic E-state index is 9.50. The number of benzene rings is 2. The summed E-state index contributed by atoms with van der Waals surface area (Å²) in [4.78, 5) is 4.65. The third kappa shape index (κ3) is 3.93. The van der Waals surface area contributed by atoms with E-state index in [0.29, 0.717) is 10.6 Å². The number of hydrogen-bond acceptors (Lipinski definition) is 5. The van der Waals surface area contributed by atoms with E-state index in [0.717, 1.165) is 22.7 Å². The van der Waals surface area contributed by atoms with E-state index in [1.807, 2.05) is 29.6 Å². The number of allylic oxidation sites excluding steroid dienone is 1. The predicted molar refractivity (Wildman–Crippen MR) is 107 cm³/mol. The van der Waals surface area contributed by atoms with Crippen LogP contribution in [-0.2, 0) is 0 Å². The lowest BCUT2D eigenvalue weighted by molar-refractivity contribution is 0.415. The Morgan fingerprint density at radius 3 is 2.62 bits per heavy atom. The minimum absolute atomic E-state index is 0.502. The number of nitrogens with zero attached hydrogens (tertiary/aromatic N) is 2. The van der Waals surface area contributed by atoms with Crippen molar-refractivity contribution in [3.63, 3.8) is 0 Å². The standard InChI is InChI=1S/C21H19N3OS/c1-14-4-9-19(15(2)10-14)20-13-26-21(24-20)16(11-22)12-23-17-5-7-18(25-3)8-6-17/h4-10,12-13,23H,1-3H3/b16-12-. The first-order valence-corrected chi connectivity index (χ1v) is 9.03. The van der Waals surface area contributed by atoms with E-state index in [1.165, 1.54) is 22.5 Å². The summed E-state index contributed by atoms with van der Waals surface area (Å²) in [6.07, 6.45) is 1.69. The molecule has 26 heavy (non-hydrogen) atoms. The average Bonchev–Trinajstić information content (AvgIpc) is 3.12. The van der Waals surface area contributed by atoms with E-state index in [2.05, 4.69) is 48.4 Å². The van der Waals surface area contributed by atoms with Crippen molar-refractivity contribution < 1.29 is 4.74 Å². The number of nitrogens with one attached hydrogen (secondary N) is 1. The average molecular weight is 361 g/mol. The molecule has 0 unspecified atom stereocenters. The van der Waals surface area contributed by atoms with Gasteiger partial charge >= 0.3 is 0 Å². The van der Waals surface area contributed by atoms with Gasteiger partial charge in [0, 0.05) is 22.8 Å². The smallest absolute Gasteiger partial charge is 0.136 e. The van der Waals surface area contributed by atoms with Gasteiger partial charge in [0.05, 0.1) is 12.8 Å². The van der Waals surface area contributed by atoms with E-state index in [4.69, 9.17) is 4.74 Å². The van der Waals surface area contributed by atoms with Crippen molar-refractivity contribution >= 4 is 22.6 Å². The zero-order chi connectivity index (χ0) is 18.5. The molecule has 0 saturated carbocycles. The van der Waals surface area contributed by atoms with Crippen LogP contribution in [0.25, 0.3) is 16.8 Å². The molecular weight excluding hydrogens is 342 g/mol. The Kier molecular flexibility index (Phi) is 5.35. The molecule has 0 aliphatic rings. The highest BCUT2D eigenvalue weighted by Crippen LogP contribution is 2.28. The molecule has 1 N–H and O–H groups in total. The molecule has 0 spiro atoms. The third-order valence-corrected chi connectivity index (χ3v) is 4.86. The molecule has 130 valence electrons. The topological polar surface area (TPSA) is 57.9 Å². The lowest BCUT2D eigenvalue weighted by Gasteiger charge is -2.04. The molecule has 0 aliphatic carbocycles. The number of rotatable bonds is 5. The highest BCUT2D eigenvalue weighted by atomic mass is 32.1. The monoisotopic (exact) mass is 361 g/mol. The number of nitriles is 1. The van der Waals surface area contributed by atoms with Gasteiger partial charge in [0.25, 0.3) is 0 Å². The SMILES string of the molecule is COc1ccc(N/C=C(/C#N)c2nc(-c3ccc(C)cc3C)cs2)cc1. The molecule has 1 heterocycles. The van der Waals surface area contributed by atoms with Gasteiger partial charge in [-0.3, -0.25) is 0 Å². The normalized spacial score (nSPS) is 11.1. The Morgan fingerprint density at radius 2 is 1.96 bits per heavy atom. The number of ether oxygens (including phenoxy) is 1. The summed E-state index contributed by atoms with van der Waals surface area (Å²) in [6.45, 7) is 4.15. The van der Waals surface area contributed by atoms with Crippen molar-refractivity contribution in [3.05, 3.63) is 70.2 Å². The molecule has 0 radical (unpaired) electrons. The molecule has 0 aliphatic heterocycles. The fourth-order valence-corrected chi connectivity index (χ4v) is 3.39. The highest BCUT2D eigenvalue weighted by Gasteiger charge is 2.10.